The van der Waals surface area contributed by atoms with E-state index in [1.165, 1.54) is 25.7 Å². The SMILES string of the molecule is CCCCCC=CCCC[C]=O. The van der Waals surface area contributed by atoms with Gasteiger partial charge >= 0.3 is 0 Å². The summed E-state index contributed by atoms with van der Waals surface area (Å²) >= 11 is 0. The van der Waals surface area contributed by atoms with E-state index in [-0.39, 0.29) is 0 Å². The van der Waals surface area contributed by atoms with Crippen molar-refractivity contribution >= 4 is 6.29 Å². The van der Waals surface area contributed by atoms with Gasteiger partial charge in [-0.15, -0.1) is 0 Å². The quantitative estimate of drug-likeness (QED) is 0.400. The summed E-state index contributed by atoms with van der Waals surface area (Å²) in [7, 11) is 0. The Hall–Kier alpha value is -0.590. The van der Waals surface area contributed by atoms with Gasteiger partial charge in [0.1, 0.15) is 0 Å². The third kappa shape index (κ3) is 9.41. The van der Waals surface area contributed by atoms with Gasteiger partial charge in [0.2, 0.25) is 0 Å². The average molecular weight is 167 g/mol. The molecule has 0 amide bonds. The van der Waals surface area contributed by atoms with E-state index in [0.717, 1.165) is 12.8 Å². The van der Waals surface area contributed by atoms with Crippen molar-refractivity contribution < 1.29 is 4.79 Å². The van der Waals surface area contributed by atoms with Crippen molar-refractivity contribution in [3.05, 3.63) is 12.2 Å². The van der Waals surface area contributed by atoms with E-state index in [1.807, 2.05) is 6.29 Å². The second-order valence-corrected chi connectivity index (χ2v) is 3.00. The number of hydrogen-bond acceptors (Lipinski definition) is 1. The van der Waals surface area contributed by atoms with Crippen molar-refractivity contribution in [3.8, 4) is 0 Å². The fraction of sp³-hybridized carbons (Fsp3) is 0.727. The summed E-state index contributed by atoms with van der Waals surface area (Å²) in [6, 6.07) is 0. The van der Waals surface area contributed by atoms with E-state index < -0.39 is 0 Å². The molecule has 0 rings (SSSR count). The van der Waals surface area contributed by atoms with Crippen LogP contribution in [0.25, 0.3) is 0 Å². The van der Waals surface area contributed by atoms with Crippen LogP contribution in [-0.2, 0) is 4.79 Å². The van der Waals surface area contributed by atoms with Gasteiger partial charge in [-0.25, -0.2) is 0 Å². The first-order chi connectivity index (χ1) is 5.91. The summed E-state index contributed by atoms with van der Waals surface area (Å²) in [5, 5.41) is 0. The lowest BCUT2D eigenvalue weighted by Gasteiger charge is -1.91. The molecule has 0 spiro atoms. The van der Waals surface area contributed by atoms with E-state index in [4.69, 9.17) is 0 Å². The highest BCUT2D eigenvalue weighted by Gasteiger charge is 1.83. The molecule has 1 heteroatoms. The van der Waals surface area contributed by atoms with Crippen LogP contribution in [-0.4, -0.2) is 6.29 Å². The Balaban J connectivity index is 2.98. The van der Waals surface area contributed by atoms with Gasteiger partial charge in [0.25, 0.3) is 0 Å². The molecule has 0 aliphatic heterocycles. The Kier molecular flexibility index (Phi) is 9.90. The third-order valence-electron chi connectivity index (χ3n) is 1.79. The first-order valence-corrected chi connectivity index (χ1v) is 4.91. The van der Waals surface area contributed by atoms with Crippen LogP contribution in [0.5, 0.6) is 0 Å². The molecular formula is C11H19O. The summed E-state index contributed by atoms with van der Waals surface area (Å²) in [5.41, 5.74) is 0. The van der Waals surface area contributed by atoms with Crippen molar-refractivity contribution in [2.45, 2.75) is 51.9 Å². The highest BCUT2D eigenvalue weighted by atomic mass is 16.1. The zero-order valence-corrected chi connectivity index (χ0v) is 8.01. The fourth-order valence-electron chi connectivity index (χ4n) is 1.04. The molecule has 0 heterocycles. The largest absolute Gasteiger partial charge is 0.291 e. The predicted octanol–water partition coefficient (Wildman–Crippen LogP) is 3.40. The minimum absolute atomic E-state index is 0.583. The second-order valence-electron chi connectivity index (χ2n) is 3.00. The average Bonchev–Trinajstić information content (AvgIpc) is 2.10. The summed E-state index contributed by atoms with van der Waals surface area (Å²) in [4.78, 5) is 9.83. The molecule has 0 atom stereocenters. The Labute approximate surface area is 75.9 Å². The zero-order valence-electron chi connectivity index (χ0n) is 8.01. The maximum absolute atomic E-state index is 9.83. The van der Waals surface area contributed by atoms with Crippen LogP contribution in [0.4, 0.5) is 0 Å². The lowest BCUT2D eigenvalue weighted by Crippen LogP contribution is -1.74. The summed E-state index contributed by atoms with van der Waals surface area (Å²) < 4.78 is 0. The fourth-order valence-corrected chi connectivity index (χ4v) is 1.04. The standard InChI is InChI=1S/C11H19O/c1-2-3-4-5-6-7-8-9-10-11-12/h6-7H,2-5,8-10H2,1H3. The molecule has 0 aromatic heterocycles. The van der Waals surface area contributed by atoms with Gasteiger partial charge in [0.05, 0.1) is 0 Å². The van der Waals surface area contributed by atoms with Gasteiger partial charge in [-0.05, 0) is 25.7 Å². The number of unbranched alkanes of at least 4 members (excludes halogenated alkanes) is 5. The Morgan fingerprint density at radius 1 is 1.08 bits per heavy atom. The van der Waals surface area contributed by atoms with E-state index in [2.05, 4.69) is 19.1 Å². The molecule has 0 N–H and O–H groups in total. The zero-order chi connectivity index (χ0) is 9.07. The Morgan fingerprint density at radius 3 is 2.33 bits per heavy atom. The van der Waals surface area contributed by atoms with E-state index in [1.54, 1.807) is 0 Å². The van der Waals surface area contributed by atoms with Crippen LogP contribution in [0.2, 0.25) is 0 Å². The molecule has 0 unspecified atom stereocenters. The van der Waals surface area contributed by atoms with E-state index in [9.17, 15) is 4.79 Å². The molecule has 0 aliphatic carbocycles. The molecular weight excluding hydrogens is 148 g/mol. The normalized spacial score (nSPS) is 10.8. The first kappa shape index (κ1) is 11.4. The van der Waals surface area contributed by atoms with Crippen molar-refractivity contribution in [1.82, 2.24) is 0 Å². The number of hydrogen-bond donors (Lipinski definition) is 0. The number of rotatable bonds is 8. The van der Waals surface area contributed by atoms with Crippen molar-refractivity contribution in [1.29, 1.82) is 0 Å². The molecule has 0 saturated heterocycles. The van der Waals surface area contributed by atoms with Crippen molar-refractivity contribution in [3.63, 3.8) is 0 Å². The van der Waals surface area contributed by atoms with Crippen LogP contribution in [0.15, 0.2) is 12.2 Å². The summed E-state index contributed by atoms with van der Waals surface area (Å²) in [5.74, 6) is 0. The van der Waals surface area contributed by atoms with Crippen LogP contribution >= 0.6 is 0 Å². The summed E-state index contributed by atoms with van der Waals surface area (Å²) in [6.45, 7) is 2.21. The Morgan fingerprint density at radius 2 is 1.75 bits per heavy atom. The van der Waals surface area contributed by atoms with E-state index >= 15 is 0 Å². The maximum Gasteiger partial charge on any atom is 0.198 e. The van der Waals surface area contributed by atoms with Crippen LogP contribution in [0, 0.1) is 0 Å². The van der Waals surface area contributed by atoms with Crippen molar-refractivity contribution in [2.24, 2.45) is 0 Å². The highest BCUT2D eigenvalue weighted by Crippen LogP contribution is 2.01. The van der Waals surface area contributed by atoms with Gasteiger partial charge in [-0.3, -0.25) is 4.79 Å². The molecule has 12 heavy (non-hydrogen) atoms. The molecule has 0 aliphatic rings. The van der Waals surface area contributed by atoms with Gasteiger partial charge in [0.15, 0.2) is 6.29 Å². The number of allylic oxidation sites excluding steroid dienone is 2. The minimum atomic E-state index is 0.583. The molecule has 69 valence electrons. The monoisotopic (exact) mass is 167 g/mol. The van der Waals surface area contributed by atoms with Crippen molar-refractivity contribution in [2.75, 3.05) is 0 Å². The molecule has 0 aromatic rings. The maximum atomic E-state index is 9.83. The molecule has 0 saturated carbocycles. The lowest BCUT2D eigenvalue weighted by molar-refractivity contribution is 0.549. The van der Waals surface area contributed by atoms with Crippen LogP contribution in [0.1, 0.15) is 51.9 Å². The van der Waals surface area contributed by atoms with E-state index in [0.29, 0.717) is 6.42 Å². The second kappa shape index (κ2) is 10.4. The molecule has 0 bridgehead atoms. The minimum Gasteiger partial charge on any atom is -0.291 e. The third-order valence-corrected chi connectivity index (χ3v) is 1.79. The molecule has 0 aromatic carbocycles. The van der Waals surface area contributed by atoms with Gasteiger partial charge in [-0.2, -0.15) is 0 Å². The van der Waals surface area contributed by atoms with Gasteiger partial charge in [0, 0.05) is 6.42 Å². The topological polar surface area (TPSA) is 17.1 Å². The van der Waals surface area contributed by atoms with Crippen LogP contribution in [0.3, 0.4) is 0 Å². The Bertz CT molecular complexity index is 116. The summed E-state index contributed by atoms with van der Waals surface area (Å²) in [6.07, 6.45) is 14.0. The first-order valence-electron chi connectivity index (χ1n) is 4.91. The molecule has 0 fully saturated rings. The van der Waals surface area contributed by atoms with Gasteiger partial charge < -0.3 is 0 Å². The highest BCUT2D eigenvalue weighted by molar-refractivity contribution is 5.50. The van der Waals surface area contributed by atoms with Gasteiger partial charge in [-0.1, -0.05) is 31.9 Å². The lowest BCUT2D eigenvalue weighted by atomic mass is 10.2. The molecule has 1 nitrogen and oxygen atoms in total. The van der Waals surface area contributed by atoms with Crippen LogP contribution < -0.4 is 0 Å². The number of carbonyl (C=O) groups excluding carboxylic acids is 1. The smallest absolute Gasteiger partial charge is 0.198 e. The molecule has 1 radical (unpaired) electrons. The predicted molar refractivity (Wildman–Crippen MR) is 52.8 cm³/mol.